The van der Waals surface area contributed by atoms with Crippen LogP contribution in [0.25, 0.3) is 89.8 Å². The Morgan fingerprint density at radius 3 is 1.00 bits per heavy atom. The first-order valence-corrected chi connectivity index (χ1v) is 18.2. The highest BCUT2D eigenvalue weighted by atomic mass is 15.0. The zero-order valence-electron chi connectivity index (χ0n) is 29.5. The van der Waals surface area contributed by atoms with Crippen LogP contribution in [0.15, 0.2) is 212 Å². The Hall–Kier alpha value is -7.23. The summed E-state index contributed by atoms with van der Waals surface area (Å²) in [5.74, 6) is 1.89. The monoisotopic (exact) mass is 689 g/mol. The summed E-state index contributed by atoms with van der Waals surface area (Å²) in [6.07, 6.45) is 0. The molecule has 0 fully saturated rings. The van der Waals surface area contributed by atoms with E-state index in [-0.39, 0.29) is 0 Å². The topological polar surface area (TPSA) is 38.7 Å². The number of rotatable bonds is 8. The first-order chi connectivity index (χ1) is 26.7. The molecule has 0 aliphatic rings. The standard InChI is InChI=1S/C51H35N3/c1-4-13-36(14-5-1)38-23-25-40(26-24-38)41-27-29-42(30-28-41)45-19-12-20-46(35-45)50-52-49(44-33-31-39(32-34-44)37-15-6-2-7-16-37)53-51(54-50)48-22-11-10-21-47(48)43-17-8-3-9-18-43/h1-35H. The molecule has 0 N–H and O–H groups in total. The van der Waals surface area contributed by atoms with Gasteiger partial charge in [-0.1, -0.05) is 206 Å². The van der Waals surface area contributed by atoms with Crippen molar-refractivity contribution < 1.29 is 0 Å². The number of benzene rings is 8. The fraction of sp³-hybridized carbons (Fsp3) is 0. The number of hydrogen-bond acceptors (Lipinski definition) is 3. The van der Waals surface area contributed by atoms with Crippen LogP contribution in [-0.2, 0) is 0 Å². The molecule has 0 saturated heterocycles. The Morgan fingerprint density at radius 2 is 0.500 bits per heavy atom. The van der Waals surface area contributed by atoms with Gasteiger partial charge in [-0.05, 0) is 61.7 Å². The van der Waals surface area contributed by atoms with E-state index in [9.17, 15) is 0 Å². The highest BCUT2D eigenvalue weighted by Crippen LogP contribution is 2.34. The van der Waals surface area contributed by atoms with Crippen molar-refractivity contribution in [1.29, 1.82) is 0 Å². The number of hydrogen-bond donors (Lipinski definition) is 0. The first kappa shape index (κ1) is 32.7. The van der Waals surface area contributed by atoms with Crippen molar-refractivity contribution in [2.24, 2.45) is 0 Å². The quantitative estimate of drug-likeness (QED) is 0.159. The van der Waals surface area contributed by atoms with E-state index < -0.39 is 0 Å². The minimum Gasteiger partial charge on any atom is -0.208 e. The van der Waals surface area contributed by atoms with Crippen LogP contribution in [0.5, 0.6) is 0 Å². The molecule has 0 saturated carbocycles. The molecular formula is C51H35N3. The Labute approximate surface area is 316 Å². The molecule has 254 valence electrons. The SMILES string of the molecule is c1ccc(-c2ccc(-c3ccc(-c4cccc(-c5nc(-c6ccc(-c7ccccc7)cc6)nc(-c6ccccc6-c6ccccc6)n5)c4)cc3)cc2)cc1. The van der Waals surface area contributed by atoms with Gasteiger partial charge in [0.1, 0.15) is 0 Å². The summed E-state index contributed by atoms with van der Waals surface area (Å²) in [5, 5.41) is 0. The fourth-order valence-corrected chi connectivity index (χ4v) is 6.92. The summed E-state index contributed by atoms with van der Waals surface area (Å²) >= 11 is 0. The van der Waals surface area contributed by atoms with E-state index in [0.29, 0.717) is 17.5 Å². The molecule has 0 radical (unpaired) electrons. The molecule has 54 heavy (non-hydrogen) atoms. The molecule has 3 heteroatoms. The molecule has 9 aromatic rings. The van der Waals surface area contributed by atoms with Gasteiger partial charge < -0.3 is 0 Å². The van der Waals surface area contributed by atoms with Crippen molar-refractivity contribution in [3.05, 3.63) is 212 Å². The third-order valence-electron chi connectivity index (χ3n) is 9.80. The third kappa shape index (κ3) is 6.87. The molecular weight excluding hydrogens is 655 g/mol. The molecule has 9 rings (SSSR count). The minimum atomic E-state index is 0.627. The lowest BCUT2D eigenvalue weighted by atomic mass is 9.97. The lowest BCUT2D eigenvalue weighted by Crippen LogP contribution is -2.01. The molecule has 0 unspecified atom stereocenters. The Kier molecular flexibility index (Phi) is 8.94. The molecule has 0 amide bonds. The van der Waals surface area contributed by atoms with Gasteiger partial charge in [-0.25, -0.2) is 15.0 Å². The maximum absolute atomic E-state index is 5.15. The predicted octanol–water partition coefficient (Wildman–Crippen LogP) is 13.2. The van der Waals surface area contributed by atoms with Gasteiger partial charge in [-0.15, -0.1) is 0 Å². The molecule has 0 atom stereocenters. The van der Waals surface area contributed by atoms with Gasteiger partial charge in [0.05, 0.1) is 0 Å². The van der Waals surface area contributed by atoms with Crippen molar-refractivity contribution in [2.45, 2.75) is 0 Å². The molecule has 0 aliphatic carbocycles. The van der Waals surface area contributed by atoms with Gasteiger partial charge >= 0.3 is 0 Å². The predicted molar refractivity (Wildman–Crippen MR) is 223 cm³/mol. The summed E-state index contributed by atoms with van der Waals surface area (Å²) in [7, 11) is 0. The van der Waals surface area contributed by atoms with Crippen LogP contribution in [0.3, 0.4) is 0 Å². The Morgan fingerprint density at radius 1 is 0.185 bits per heavy atom. The Balaban J connectivity index is 1.08. The van der Waals surface area contributed by atoms with Gasteiger partial charge in [0.25, 0.3) is 0 Å². The van der Waals surface area contributed by atoms with Crippen molar-refractivity contribution >= 4 is 0 Å². The lowest BCUT2D eigenvalue weighted by molar-refractivity contribution is 1.07. The normalized spacial score (nSPS) is 11.0. The number of aromatic nitrogens is 3. The second-order valence-electron chi connectivity index (χ2n) is 13.3. The summed E-state index contributed by atoms with van der Waals surface area (Å²) < 4.78 is 0. The second kappa shape index (κ2) is 14.8. The van der Waals surface area contributed by atoms with Gasteiger partial charge in [0.15, 0.2) is 17.5 Å². The maximum Gasteiger partial charge on any atom is 0.164 e. The summed E-state index contributed by atoms with van der Waals surface area (Å²) in [4.78, 5) is 15.4. The van der Waals surface area contributed by atoms with E-state index in [0.717, 1.165) is 44.5 Å². The van der Waals surface area contributed by atoms with E-state index in [1.165, 1.54) is 27.8 Å². The fourth-order valence-electron chi connectivity index (χ4n) is 6.92. The van der Waals surface area contributed by atoms with Crippen molar-refractivity contribution in [3.63, 3.8) is 0 Å². The summed E-state index contributed by atoms with van der Waals surface area (Å²) in [5.41, 5.74) is 14.3. The summed E-state index contributed by atoms with van der Waals surface area (Å²) in [6.45, 7) is 0. The average Bonchev–Trinajstić information content (AvgIpc) is 3.27. The van der Waals surface area contributed by atoms with E-state index in [1.807, 2.05) is 24.3 Å². The molecule has 0 spiro atoms. The zero-order valence-corrected chi connectivity index (χ0v) is 29.5. The van der Waals surface area contributed by atoms with Crippen LogP contribution in [0.4, 0.5) is 0 Å². The van der Waals surface area contributed by atoms with E-state index in [1.54, 1.807) is 0 Å². The van der Waals surface area contributed by atoms with Crippen molar-refractivity contribution in [1.82, 2.24) is 15.0 Å². The van der Waals surface area contributed by atoms with Crippen molar-refractivity contribution in [2.75, 3.05) is 0 Å². The number of nitrogens with zero attached hydrogens (tertiary/aromatic N) is 3. The molecule has 0 bridgehead atoms. The smallest absolute Gasteiger partial charge is 0.164 e. The average molecular weight is 690 g/mol. The molecule has 1 heterocycles. The summed E-state index contributed by atoms with van der Waals surface area (Å²) in [6, 6.07) is 74.1. The third-order valence-corrected chi connectivity index (χ3v) is 9.80. The van der Waals surface area contributed by atoms with Gasteiger partial charge in [0.2, 0.25) is 0 Å². The van der Waals surface area contributed by atoms with E-state index >= 15 is 0 Å². The van der Waals surface area contributed by atoms with Crippen LogP contribution >= 0.6 is 0 Å². The van der Waals surface area contributed by atoms with Crippen molar-refractivity contribution in [3.8, 4) is 89.8 Å². The molecule has 8 aromatic carbocycles. The minimum absolute atomic E-state index is 0.627. The van der Waals surface area contributed by atoms with E-state index in [4.69, 9.17) is 15.0 Å². The second-order valence-corrected chi connectivity index (χ2v) is 13.3. The molecule has 0 aliphatic heterocycles. The van der Waals surface area contributed by atoms with Crippen LogP contribution < -0.4 is 0 Å². The van der Waals surface area contributed by atoms with Crippen LogP contribution in [0.1, 0.15) is 0 Å². The zero-order chi connectivity index (χ0) is 36.1. The highest BCUT2D eigenvalue weighted by molar-refractivity contribution is 5.82. The van der Waals surface area contributed by atoms with Gasteiger partial charge in [-0.3, -0.25) is 0 Å². The van der Waals surface area contributed by atoms with Gasteiger partial charge in [-0.2, -0.15) is 0 Å². The largest absolute Gasteiger partial charge is 0.208 e. The van der Waals surface area contributed by atoms with E-state index in [2.05, 4.69) is 188 Å². The Bertz CT molecular complexity index is 2650. The molecule has 1 aromatic heterocycles. The van der Waals surface area contributed by atoms with Crippen LogP contribution in [-0.4, -0.2) is 15.0 Å². The highest BCUT2D eigenvalue weighted by Gasteiger charge is 2.16. The van der Waals surface area contributed by atoms with Crippen LogP contribution in [0.2, 0.25) is 0 Å². The van der Waals surface area contributed by atoms with Gasteiger partial charge in [0, 0.05) is 16.7 Å². The first-order valence-electron chi connectivity index (χ1n) is 18.2. The lowest BCUT2D eigenvalue weighted by Gasteiger charge is -2.13. The molecule has 3 nitrogen and oxygen atoms in total. The maximum atomic E-state index is 5.15. The van der Waals surface area contributed by atoms with Crippen LogP contribution in [0, 0.1) is 0 Å².